The van der Waals surface area contributed by atoms with Crippen LogP contribution in [0.4, 0.5) is 18.9 Å². The minimum absolute atomic E-state index is 0.0226. The second-order valence-electron chi connectivity index (χ2n) is 8.28. The minimum Gasteiger partial charge on any atom is -0.383 e. The summed E-state index contributed by atoms with van der Waals surface area (Å²) in [6.45, 7) is 0. The van der Waals surface area contributed by atoms with Gasteiger partial charge in [-0.25, -0.2) is 4.98 Å². The lowest BCUT2D eigenvalue weighted by Crippen LogP contribution is -2.48. The third kappa shape index (κ3) is 5.30. The average Bonchev–Trinajstić information content (AvgIpc) is 2.75. The van der Waals surface area contributed by atoms with Crippen molar-refractivity contribution in [3.63, 3.8) is 0 Å². The largest absolute Gasteiger partial charge is 0.433 e. The molecular formula is C24H23F3N3OSi. The predicted octanol–water partition coefficient (Wildman–Crippen LogP) is 4.83. The Kier molecular flexibility index (Phi) is 6.23. The highest BCUT2D eigenvalue weighted by molar-refractivity contribution is 6.17. The van der Waals surface area contributed by atoms with E-state index in [-0.39, 0.29) is 11.9 Å². The number of nitrogens with zero attached hydrogens (tertiary/aromatic N) is 1. The summed E-state index contributed by atoms with van der Waals surface area (Å²) < 4.78 is 40.1. The molecule has 1 aliphatic rings. The number of alkyl halides is 3. The Morgan fingerprint density at radius 2 is 1.72 bits per heavy atom. The summed E-state index contributed by atoms with van der Waals surface area (Å²) in [5, 5.41) is 6.44. The standard InChI is InChI=1S/C24H23F3N3OSi/c25-24(26,27)21-15-20(18-8-4-5-9-19(18)29-21)30-23(32)12-10-17(11-13-23)28-22(31)14-16-6-2-1-3-7-16/h1-9,15,17H,10-14H2,(H,28,31)(H,29,30). The van der Waals surface area contributed by atoms with Gasteiger partial charge in [-0.15, -0.1) is 0 Å². The van der Waals surface area contributed by atoms with Gasteiger partial charge in [-0.05, 0) is 43.4 Å². The summed E-state index contributed by atoms with van der Waals surface area (Å²) in [4.78, 5) is 16.1. The molecular weight excluding hydrogens is 431 g/mol. The van der Waals surface area contributed by atoms with Gasteiger partial charge in [0.15, 0.2) is 0 Å². The maximum Gasteiger partial charge on any atom is 0.433 e. The molecule has 8 heteroatoms. The molecule has 165 valence electrons. The number of carbonyl (C=O) groups is 1. The van der Waals surface area contributed by atoms with Crippen LogP contribution in [-0.2, 0) is 17.4 Å². The number of aromatic nitrogens is 1. The Morgan fingerprint density at radius 3 is 2.41 bits per heavy atom. The monoisotopic (exact) mass is 454 g/mol. The van der Waals surface area contributed by atoms with Gasteiger partial charge in [-0.3, -0.25) is 4.79 Å². The zero-order chi connectivity index (χ0) is 22.8. The third-order valence-electron chi connectivity index (χ3n) is 5.79. The van der Waals surface area contributed by atoms with Crippen LogP contribution in [0.3, 0.4) is 0 Å². The van der Waals surface area contributed by atoms with E-state index in [0.29, 0.717) is 48.7 Å². The number of amides is 1. The van der Waals surface area contributed by atoms with Crippen LogP contribution in [0.15, 0.2) is 60.7 Å². The molecule has 1 saturated carbocycles. The number of hydrogen-bond donors (Lipinski definition) is 2. The zero-order valence-electron chi connectivity index (χ0n) is 17.4. The van der Waals surface area contributed by atoms with Crippen molar-refractivity contribution in [2.45, 2.75) is 49.5 Å². The molecule has 0 atom stereocenters. The van der Waals surface area contributed by atoms with Gasteiger partial charge in [0.25, 0.3) is 0 Å². The number of fused-ring (bicyclic) bond motifs is 1. The minimum atomic E-state index is -4.53. The molecule has 1 heterocycles. The van der Waals surface area contributed by atoms with Gasteiger partial charge in [0.1, 0.15) is 5.69 Å². The maximum absolute atomic E-state index is 13.4. The SMILES string of the molecule is O=C(Cc1ccccc1)NC1CCC([Si])(Nc2cc(C(F)(F)F)nc3ccccc23)CC1. The molecule has 32 heavy (non-hydrogen) atoms. The fraction of sp³-hybridized carbons (Fsp3) is 0.333. The molecule has 0 aliphatic heterocycles. The topological polar surface area (TPSA) is 54.0 Å². The van der Waals surface area contributed by atoms with E-state index >= 15 is 0 Å². The first kappa shape index (κ1) is 22.3. The molecule has 2 aromatic carbocycles. The lowest BCUT2D eigenvalue weighted by atomic mass is 9.89. The Bertz CT molecular complexity index is 1100. The maximum atomic E-state index is 13.4. The molecule has 0 spiro atoms. The molecule has 4 rings (SSSR count). The van der Waals surface area contributed by atoms with E-state index in [1.54, 1.807) is 24.3 Å². The highest BCUT2D eigenvalue weighted by Crippen LogP contribution is 2.36. The van der Waals surface area contributed by atoms with Crippen LogP contribution in [0.5, 0.6) is 0 Å². The van der Waals surface area contributed by atoms with Crippen molar-refractivity contribution in [2.75, 3.05) is 5.32 Å². The molecule has 2 N–H and O–H groups in total. The number of halogens is 3. The summed E-state index contributed by atoms with van der Waals surface area (Å²) >= 11 is 0. The third-order valence-corrected chi connectivity index (χ3v) is 6.42. The highest BCUT2D eigenvalue weighted by Gasteiger charge is 2.35. The van der Waals surface area contributed by atoms with Gasteiger partial charge in [0.05, 0.1) is 22.2 Å². The van der Waals surface area contributed by atoms with E-state index in [1.165, 1.54) is 0 Å². The number of carbonyl (C=O) groups excluding carboxylic acids is 1. The number of anilines is 1. The number of para-hydroxylation sites is 1. The number of nitrogens with one attached hydrogen (secondary N) is 2. The molecule has 1 aliphatic carbocycles. The van der Waals surface area contributed by atoms with E-state index in [1.807, 2.05) is 30.3 Å². The molecule has 3 radical (unpaired) electrons. The van der Waals surface area contributed by atoms with Crippen LogP contribution in [0.25, 0.3) is 10.9 Å². The molecule has 3 aromatic rings. The normalized spacial score (nSPS) is 21.3. The second-order valence-corrected chi connectivity index (χ2v) is 9.24. The lowest BCUT2D eigenvalue weighted by Gasteiger charge is -2.39. The average molecular weight is 455 g/mol. The van der Waals surface area contributed by atoms with Crippen molar-refractivity contribution in [3.05, 3.63) is 71.9 Å². The van der Waals surface area contributed by atoms with E-state index in [0.717, 1.165) is 11.6 Å². The van der Waals surface area contributed by atoms with E-state index in [9.17, 15) is 18.0 Å². The number of hydrogen-bond acceptors (Lipinski definition) is 3. The number of benzene rings is 2. The van der Waals surface area contributed by atoms with Crippen molar-refractivity contribution in [3.8, 4) is 0 Å². The van der Waals surface area contributed by atoms with Crippen molar-refractivity contribution in [2.24, 2.45) is 0 Å². The molecule has 1 amide bonds. The highest BCUT2D eigenvalue weighted by atomic mass is 28.1. The first-order chi connectivity index (χ1) is 15.2. The van der Waals surface area contributed by atoms with Gasteiger partial charge in [-0.1, -0.05) is 48.5 Å². The van der Waals surface area contributed by atoms with Crippen LogP contribution >= 0.6 is 0 Å². The van der Waals surface area contributed by atoms with E-state index in [4.69, 9.17) is 0 Å². The molecule has 4 nitrogen and oxygen atoms in total. The number of rotatable bonds is 5. The van der Waals surface area contributed by atoms with Gasteiger partial charge in [0, 0.05) is 22.3 Å². The predicted molar refractivity (Wildman–Crippen MR) is 119 cm³/mol. The Labute approximate surface area is 188 Å². The summed E-state index contributed by atoms with van der Waals surface area (Å²) in [5.41, 5.74) is 0.726. The van der Waals surface area contributed by atoms with Crippen LogP contribution in [0, 0.1) is 0 Å². The van der Waals surface area contributed by atoms with Crippen LogP contribution in [-0.4, -0.2) is 32.3 Å². The van der Waals surface area contributed by atoms with Crippen LogP contribution in [0.2, 0.25) is 0 Å². The summed E-state index contributed by atoms with van der Waals surface area (Å²) in [6, 6.07) is 17.5. The fourth-order valence-electron chi connectivity index (χ4n) is 4.12. The molecule has 0 unspecified atom stereocenters. The molecule has 1 fully saturated rings. The van der Waals surface area contributed by atoms with Crippen molar-refractivity contribution >= 4 is 32.7 Å². The Morgan fingerprint density at radius 1 is 1.06 bits per heavy atom. The summed E-state index contributed by atoms with van der Waals surface area (Å²) in [6.07, 6.45) is -1.47. The Hall–Kier alpha value is -2.87. The fourth-order valence-corrected chi connectivity index (χ4v) is 4.55. The van der Waals surface area contributed by atoms with Gasteiger partial charge < -0.3 is 10.6 Å². The van der Waals surface area contributed by atoms with Gasteiger partial charge in [-0.2, -0.15) is 13.2 Å². The molecule has 0 saturated heterocycles. The first-order valence-corrected chi connectivity index (χ1v) is 11.1. The van der Waals surface area contributed by atoms with Crippen LogP contribution < -0.4 is 10.6 Å². The molecule has 0 bridgehead atoms. The second kappa shape index (κ2) is 8.94. The first-order valence-electron chi connectivity index (χ1n) is 10.6. The van der Waals surface area contributed by atoms with E-state index in [2.05, 4.69) is 25.9 Å². The summed E-state index contributed by atoms with van der Waals surface area (Å²) in [7, 11) is 3.78. The zero-order valence-corrected chi connectivity index (χ0v) is 18.4. The van der Waals surface area contributed by atoms with E-state index < -0.39 is 17.0 Å². The summed E-state index contributed by atoms with van der Waals surface area (Å²) in [5.74, 6) is -0.0226. The van der Waals surface area contributed by atoms with Gasteiger partial charge >= 0.3 is 6.18 Å². The number of pyridine rings is 1. The Balaban J connectivity index is 1.43. The lowest BCUT2D eigenvalue weighted by molar-refractivity contribution is -0.140. The van der Waals surface area contributed by atoms with Crippen LogP contribution in [0.1, 0.15) is 36.9 Å². The van der Waals surface area contributed by atoms with Gasteiger partial charge in [0.2, 0.25) is 5.91 Å². The smallest absolute Gasteiger partial charge is 0.383 e. The quantitative estimate of drug-likeness (QED) is 0.543. The molecule has 1 aromatic heterocycles. The van der Waals surface area contributed by atoms with Crippen molar-refractivity contribution in [1.29, 1.82) is 0 Å². The van der Waals surface area contributed by atoms with Crippen molar-refractivity contribution < 1.29 is 18.0 Å². The van der Waals surface area contributed by atoms with Crippen molar-refractivity contribution in [1.82, 2.24) is 10.3 Å².